The summed E-state index contributed by atoms with van der Waals surface area (Å²) < 4.78 is 10.5. The zero-order chi connectivity index (χ0) is 12.5. The predicted molar refractivity (Wildman–Crippen MR) is 67.9 cm³/mol. The summed E-state index contributed by atoms with van der Waals surface area (Å²) in [6.07, 6.45) is 3.98. The molecule has 0 aromatic heterocycles. The van der Waals surface area contributed by atoms with Crippen LogP contribution in [0.15, 0.2) is 12.1 Å². The maximum Gasteiger partial charge on any atom is 0.231 e. The average molecular weight is 249 g/mol. The van der Waals surface area contributed by atoms with Crippen LogP contribution in [0.5, 0.6) is 17.2 Å². The molecule has 1 aliphatic carbocycles. The van der Waals surface area contributed by atoms with E-state index in [2.05, 4.69) is 12.2 Å². The molecule has 18 heavy (non-hydrogen) atoms. The lowest BCUT2D eigenvalue weighted by molar-refractivity contribution is 0.174. The molecule has 2 aliphatic rings. The molecule has 1 aromatic carbocycles. The molecule has 1 heterocycles. The Balaban J connectivity index is 1.61. The van der Waals surface area contributed by atoms with E-state index in [4.69, 9.17) is 9.47 Å². The van der Waals surface area contributed by atoms with Crippen molar-refractivity contribution in [3.8, 4) is 17.2 Å². The standard InChI is InChI=1S/C14H19NO3/c1-9(4-10-2-3-10)15-7-11-5-13-14(6-12(11)16)18-8-17-13/h5-6,9-10,15-16H,2-4,7-8H2,1H3. The van der Waals surface area contributed by atoms with Gasteiger partial charge in [0.25, 0.3) is 0 Å². The van der Waals surface area contributed by atoms with Gasteiger partial charge in [0, 0.05) is 24.2 Å². The summed E-state index contributed by atoms with van der Waals surface area (Å²) in [6.45, 7) is 3.10. The molecule has 1 unspecified atom stereocenters. The molecule has 98 valence electrons. The quantitative estimate of drug-likeness (QED) is 0.841. The number of aromatic hydroxyl groups is 1. The molecule has 4 heteroatoms. The molecule has 0 bridgehead atoms. The van der Waals surface area contributed by atoms with E-state index in [0.29, 0.717) is 18.3 Å². The molecule has 0 spiro atoms. The van der Waals surface area contributed by atoms with Gasteiger partial charge in [0.1, 0.15) is 5.75 Å². The van der Waals surface area contributed by atoms with Gasteiger partial charge in [-0.1, -0.05) is 12.8 Å². The highest BCUT2D eigenvalue weighted by atomic mass is 16.7. The normalized spacial score (nSPS) is 18.9. The van der Waals surface area contributed by atoms with Gasteiger partial charge in [-0.05, 0) is 25.3 Å². The molecule has 1 fully saturated rings. The summed E-state index contributed by atoms with van der Waals surface area (Å²) >= 11 is 0. The van der Waals surface area contributed by atoms with Crippen LogP contribution in [0.4, 0.5) is 0 Å². The van der Waals surface area contributed by atoms with E-state index in [9.17, 15) is 5.11 Å². The minimum absolute atomic E-state index is 0.240. The Hall–Kier alpha value is -1.42. The first-order chi connectivity index (χ1) is 8.72. The van der Waals surface area contributed by atoms with Gasteiger partial charge < -0.3 is 19.9 Å². The van der Waals surface area contributed by atoms with Crippen LogP contribution in [-0.2, 0) is 6.54 Å². The third-order valence-electron chi connectivity index (χ3n) is 3.60. The molecular weight excluding hydrogens is 230 g/mol. The second kappa shape index (κ2) is 4.69. The fourth-order valence-corrected chi connectivity index (χ4v) is 2.34. The Labute approximate surface area is 107 Å². The largest absolute Gasteiger partial charge is 0.507 e. The molecule has 1 saturated carbocycles. The Kier molecular flexibility index (Phi) is 3.04. The van der Waals surface area contributed by atoms with Crippen molar-refractivity contribution in [2.75, 3.05) is 6.79 Å². The minimum Gasteiger partial charge on any atom is -0.507 e. The van der Waals surface area contributed by atoms with Crippen molar-refractivity contribution in [1.82, 2.24) is 5.32 Å². The van der Waals surface area contributed by atoms with Gasteiger partial charge in [-0.15, -0.1) is 0 Å². The van der Waals surface area contributed by atoms with E-state index < -0.39 is 0 Å². The molecule has 3 rings (SSSR count). The minimum atomic E-state index is 0.240. The molecular formula is C14H19NO3. The Morgan fingerprint density at radius 2 is 2.06 bits per heavy atom. The fraction of sp³-hybridized carbons (Fsp3) is 0.571. The van der Waals surface area contributed by atoms with Gasteiger partial charge >= 0.3 is 0 Å². The van der Waals surface area contributed by atoms with E-state index in [-0.39, 0.29) is 12.5 Å². The number of hydrogen-bond acceptors (Lipinski definition) is 4. The van der Waals surface area contributed by atoms with Gasteiger partial charge in [-0.3, -0.25) is 0 Å². The Morgan fingerprint density at radius 3 is 2.78 bits per heavy atom. The highest BCUT2D eigenvalue weighted by Gasteiger charge is 2.23. The van der Waals surface area contributed by atoms with Crippen LogP contribution in [0.1, 0.15) is 31.7 Å². The molecule has 4 nitrogen and oxygen atoms in total. The topological polar surface area (TPSA) is 50.7 Å². The van der Waals surface area contributed by atoms with Crippen LogP contribution in [-0.4, -0.2) is 17.9 Å². The number of phenolic OH excluding ortho intramolecular Hbond substituents is 1. The van der Waals surface area contributed by atoms with Crippen molar-refractivity contribution < 1.29 is 14.6 Å². The van der Waals surface area contributed by atoms with Crippen LogP contribution in [0.25, 0.3) is 0 Å². The lowest BCUT2D eigenvalue weighted by Crippen LogP contribution is -2.25. The summed E-state index contributed by atoms with van der Waals surface area (Å²) in [5, 5.41) is 13.4. The second-order valence-corrected chi connectivity index (χ2v) is 5.30. The number of ether oxygens (including phenoxy) is 2. The number of phenols is 1. The van der Waals surface area contributed by atoms with Crippen LogP contribution in [0.2, 0.25) is 0 Å². The molecule has 0 saturated heterocycles. The van der Waals surface area contributed by atoms with Gasteiger partial charge in [-0.2, -0.15) is 0 Å². The van der Waals surface area contributed by atoms with Crippen molar-refractivity contribution in [1.29, 1.82) is 0 Å². The summed E-state index contributed by atoms with van der Waals surface area (Å²) in [7, 11) is 0. The maximum atomic E-state index is 9.91. The fourth-order valence-electron chi connectivity index (χ4n) is 2.34. The van der Waals surface area contributed by atoms with Crippen molar-refractivity contribution in [3.63, 3.8) is 0 Å². The zero-order valence-electron chi connectivity index (χ0n) is 10.6. The van der Waals surface area contributed by atoms with E-state index in [0.717, 1.165) is 17.2 Å². The number of rotatable bonds is 5. The van der Waals surface area contributed by atoms with E-state index in [1.165, 1.54) is 19.3 Å². The van der Waals surface area contributed by atoms with Crippen LogP contribution >= 0.6 is 0 Å². The van der Waals surface area contributed by atoms with Gasteiger partial charge in [-0.25, -0.2) is 0 Å². The molecule has 1 atom stereocenters. The molecule has 0 amide bonds. The number of nitrogens with one attached hydrogen (secondary N) is 1. The van der Waals surface area contributed by atoms with Crippen molar-refractivity contribution in [2.24, 2.45) is 5.92 Å². The second-order valence-electron chi connectivity index (χ2n) is 5.30. The molecule has 1 aliphatic heterocycles. The lowest BCUT2D eigenvalue weighted by atomic mass is 10.1. The van der Waals surface area contributed by atoms with Crippen molar-refractivity contribution in [3.05, 3.63) is 17.7 Å². The van der Waals surface area contributed by atoms with E-state index >= 15 is 0 Å². The smallest absolute Gasteiger partial charge is 0.231 e. The average Bonchev–Trinajstić information content (AvgIpc) is 3.03. The van der Waals surface area contributed by atoms with Crippen LogP contribution < -0.4 is 14.8 Å². The maximum absolute atomic E-state index is 9.91. The number of benzene rings is 1. The number of hydrogen-bond donors (Lipinski definition) is 2. The summed E-state index contributed by atoms with van der Waals surface area (Å²) in [6, 6.07) is 3.97. The summed E-state index contributed by atoms with van der Waals surface area (Å²) in [5.74, 6) is 2.53. The highest BCUT2D eigenvalue weighted by Crippen LogP contribution is 2.37. The Morgan fingerprint density at radius 1 is 1.33 bits per heavy atom. The van der Waals surface area contributed by atoms with E-state index in [1.807, 2.05) is 6.07 Å². The molecule has 1 aromatic rings. The van der Waals surface area contributed by atoms with Crippen molar-refractivity contribution in [2.45, 2.75) is 38.8 Å². The van der Waals surface area contributed by atoms with Crippen molar-refractivity contribution >= 4 is 0 Å². The SMILES string of the molecule is CC(CC1CC1)NCc1cc2c(cc1O)OCO2. The monoisotopic (exact) mass is 249 g/mol. The van der Waals surface area contributed by atoms with Gasteiger partial charge in [0.15, 0.2) is 11.5 Å². The summed E-state index contributed by atoms with van der Waals surface area (Å²) in [5.41, 5.74) is 0.863. The van der Waals surface area contributed by atoms with Crippen LogP contribution in [0.3, 0.4) is 0 Å². The first-order valence-corrected chi connectivity index (χ1v) is 6.57. The predicted octanol–water partition coefficient (Wildman–Crippen LogP) is 2.40. The van der Waals surface area contributed by atoms with Gasteiger partial charge in [0.2, 0.25) is 6.79 Å². The first kappa shape index (κ1) is 11.7. The van der Waals surface area contributed by atoms with Gasteiger partial charge in [0.05, 0.1) is 0 Å². The highest BCUT2D eigenvalue weighted by molar-refractivity contribution is 5.51. The lowest BCUT2D eigenvalue weighted by Gasteiger charge is -2.14. The third kappa shape index (κ3) is 2.53. The third-order valence-corrected chi connectivity index (χ3v) is 3.60. The summed E-state index contributed by atoms with van der Waals surface area (Å²) in [4.78, 5) is 0. The molecule has 2 N–H and O–H groups in total. The Bertz CT molecular complexity index is 443. The van der Waals surface area contributed by atoms with Crippen LogP contribution in [0, 0.1) is 5.92 Å². The molecule has 0 radical (unpaired) electrons. The first-order valence-electron chi connectivity index (χ1n) is 6.57. The number of fused-ring (bicyclic) bond motifs is 1. The zero-order valence-corrected chi connectivity index (χ0v) is 10.6. The van der Waals surface area contributed by atoms with E-state index in [1.54, 1.807) is 6.07 Å².